The number of hydrogen-bond donors (Lipinski definition) is 1. The molecule has 6 nitrogen and oxygen atoms in total. The molecule has 2 aromatic carbocycles. The molecular formula is C23H26N2O4S. The van der Waals surface area contributed by atoms with Crippen molar-refractivity contribution in [2.75, 3.05) is 22.6 Å². The van der Waals surface area contributed by atoms with Crippen molar-refractivity contribution in [3.63, 3.8) is 0 Å². The Morgan fingerprint density at radius 1 is 1.13 bits per heavy atom. The molecule has 0 aliphatic carbocycles. The van der Waals surface area contributed by atoms with Crippen LogP contribution in [0.4, 0.5) is 11.4 Å². The maximum absolute atomic E-state index is 12.6. The maximum Gasteiger partial charge on any atom is 0.306 e. The first-order valence-corrected chi connectivity index (χ1v) is 11.0. The van der Waals surface area contributed by atoms with Crippen LogP contribution in [0, 0.1) is 13.8 Å². The van der Waals surface area contributed by atoms with Crippen molar-refractivity contribution in [2.45, 2.75) is 39.0 Å². The Morgan fingerprint density at radius 3 is 2.57 bits per heavy atom. The molecule has 1 atom stereocenters. The largest absolute Gasteiger partial charge is 0.466 e. The Morgan fingerprint density at radius 2 is 1.87 bits per heavy atom. The molecule has 3 rings (SSSR count). The predicted octanol–water partition coefficient (Wildman–Crippen LogP) is 4.36. The Bertz CT molecular complexity index is 940. The van der Waals surface area contributed by atoms with Crippen LogP contribution >= 0.6 is 11.8 Å². The summed E-state index contributed by atoms with van der Waals surface area (Å²) in [6, 6.07) is 13.6. The van der Waals surface area contributed by atoms with Gasteiger partial charge in [-0.1, -0.05) is 18.2 Å². The van der Waals surface area contributed by atoms with Crippen LogP contribution in [-0.2, 0) is 19.1 Å². The van der Waals surface area contributed by atoms with E-state index in [0.29, 0.717) is 18.0 Å². The lowest BCUT2D eigenvalue weighted by molar-refractivity contribution is -0.144. The third kappa shape index (κ3) is 5.42. The fourth-order valence-corrected chi connectivity index (χ4v) is 4.65. The van der Waals surface area contributed by atoms with Gasteiger partial charge < -0.3 is 10.1 Å². The van der Waals surface area contributed by atoms with Crippen molar-refractivity contribution in [2.24, 2.45) is 0 Å². The van der Waals surface area contributed by atoms with E-state index in [2.05, 4.69) is 11.4 Å². The first-order valence-electron chi connectivity index (χ1n) is 9.94. The quantitative estimate of drug-likeness (QED) is 0.666. The molecule has 1 unspecified atom stereocenters. The minimum atomic E-state index is -0.383. The van der Waals surface area contributed by atoms with E-state index in [4.69, 9.17) is 4.74 Å². The molecule has 0 bridgehead atoms. The zero-order chi connectivity index (χ0) is 21.7. The van der Waals surface area contributed by atoms with Gasteiger partial charge in [-0.2, -0.15) is 0 Å². The highest BCUT2D eigenvalue weighted by atomic mass is 32.2. The van der Waals surface area contributed by atoms with Crippen LogP contribution in [0.1, 0.15) is 41.8 Å². The number of anilines is 2. The van der Waals surface area contributed by atoms with Crippen molar-refractivity contribution in [3.05, 3.63) is 59.2 Å². The van der Waals surface area contributed by atoms with Crippen molar-refractivity contribution in [1.82, 2.24) is 0 Å². The molecule has 0 radical (unpaired) electrons. The fourth-order valence-electron chi connectivity index (χ4n) is 3.48. The maximum atomic E-state index is 12.6. The molecule has 0 spiro atoms. The van der Waals surface area contributed by atoms with Gasteiger partial charge in [0.1, 0.15) is 5.37 Å². The van der Waals surface area contributed by atoms with E-state index >= 15 is 0 Å². The van der Waals surface area contributed by atoms with Gasteiger partial charge in [-0.3, -0.25) is 19.3 Å². The van der Waals surface area contributed by atoms with Crippen molar-refractivity contribution in [1.29, 1.82) is 0 Å². The lowest BCUT2D eigenvalue weighted by Gasteiger charge is -2.25. The topological polar surface area (TPSA) is 75.7 Å². The van der Waals surface area contributed by atoms with Gasteiger partial charge in [-0.05, 0) is 61.7 Å². The minimum Gasteiger partial charge on any atom is -0.466 e. The summed E-state index contributed by atoms with van der Waals surface area (Å²) in [5.41, 5.74) is 4.68. The molecule has 1 aliphatic rings. The third-order valence-electron chi connectivity index (χ3n) is 4.67. The van der Waals surface area contributed by atoms with Crippen molar-refractivity contribution in [3.8, 4) is 0 Å². The number of thioether (sulfide) groups is 1. The highest BCUT2D eigenvalue weighted by Crippen LogP contribution is 2.42. The number of aryl methyl sites for hydroxylation is 2. The molecule has 1 heterocycles. The average Bonchev–Trinajstić information content (AvgIpc) is 3.08. The lowest BCUT2D eigenvalue weighted by atomic mass is 10.1. The number of nitrogens with zero attached hydrogens (tertiary/aromatic N) is 1. The SMILES string of the molecule is CCOC(=O)CCC(=O)Nc1cccc(C2SCC(=O)N2c2cc(C)cc(C)c2)c1. The first-order chi connectivity index (χ1) is 14.4. The molecule has 7 heteroatoms. The summed E-state index contributed by atoms with van der Waals surface area (Å²) in [5, 5.41) is 2.67. The van der Waals surface area contributed by atoms with Crippen molar-refractivity contribution >= 4 is 40.9 Å². The number of carbonyl (C=O) groups is 3. The van der Waals surface area contributed by atoms with Crippen LogP contribution in [0.15, 0.2) is 42.5 Å². The summed E-state index contributed by atoms with van der Waals surface area (Å²) in [6.45, 7) is 6.07. The molecule has 158 valence electrons. The van der Waals surface area contributed by atoms with Gasteiger partial charge in [0, 0.05) is 17.8 Å². The number of amides is 2. The van der Waals surface area contributed by atoms with E-state index in [-0.39, 0.29) is 36.0 Å². The van der Waals surface area contributed by atoms with E-state index in [0.717, 1.165) is 22.4 Å². The zero-order valence-electron chi connectivity index (χ0n) is 17.4. The number of esters is 1. The van der Waals surface area contributed by atoms with Gasteiger partial charge in [-0.25, -0.2) is 0 Å². The summed E-state index contributed by atoms with van der Waals surface area (Å²) in [6.07, 6.45) is 0.112. The van der Waals surface area contributed by atoms with Gasteiger partial charge in [-0.15, -0.1) is 11.8 Å². The molecular weight excluding hydrogens is 400 g/mol. The number of benzene rings is 2. The van der Waals surface area contributed by atoms with Crippen LogP contribution in [0.25, 0.3) is 0 Å². The van der Waals surface area contributed by atoms with Crippen LogP contribution in [-0.4, -0.2) is 30.1 Å². The number of carbonyl (C=O) groups excluding carboxylic acids is 3. The molecule has 1 N–H and O–H groups in total. The highest BCUT2D eigenvalue weighted by Gasteiger charge is 2.34. The van der Waals surface area contributed by atoms with E-state index in [1.807, 2.05) is 49.1 Å². The minimum absolute atomic E-state index is 0.0484. The monoisotopic (exact) mass is 426 g/mol. The second-order valence-electron chi connectivity index (χ2n) is 7.25. The van der Waals surface area contributed by atoms with Gasteiger partial charge in [0.05, 0.1) is 18.8 Å². The van der Waals surface area contributed by atoms with Crippen LogP contribution < -0.4 is 10.2 Å². The van der Waals surface area contributed by atoms with Crippen LogP contribution in [0.3, 0.4) is 0 Å². The summed E-state index contributed by atoms with van der Waals surface area (Å²) >= 11 is 1.57. The van der Waals surface area contributed by atoms with Gasteiger partial charge >= 0.3 is 5.97 Å². The van der Waals surface area contributed by atoms with E-state index in [1.54, 1.807) is 24.8 Å². The summed E-state index contributed by atoms with van der Waals surface area (Å²) in [5.74, 6) is -0.153. The van der Waals surface area contributed by atoms with E-state index in [1.165, 1.54) is 0 Å². The van der Waals surface area contributed by atoms with Gasteiger partial charge in [0.15, 0.2) is 0 Å². The lowest BCUT2D eigenvalue weighted by Crippen LogP contribution is -2.28. The number of nitrogens with one attached hydrogen (secondary N) is 1. The smallest absolute Gasteiger partial charge is 0.306 e. The summed E-state index contributed by atoms with van der Waals surface area (Å²) < 4.78 is 4.85. The number of hydrogen-bond acceptors (Lipinski definition) is 5. The Hall–Kier alpha value is -2.80. The van der Waals surface area contributed by atoms with Crippen LogP contribution in [0.2, 0.25) is 0 Å². The predicted molar refractivity (Wildman–Crippen MR) is 120 cm³/mol. The molecule has 1 fully saturated rings. The van der Waals surface area contributed by atoms with E-state index in [9.17, 15) is 14.4 Å². The Kier molecular flexibility index (Phi) is 7.15. The molecule has 30 heavy (non-hydrogen) atoms. The normalized spacial score (nSPS) is 15.9. The summed E-state index contributed by atoms with van der Waals surface area (Å²) in [4.78, 5) is 38.1. The third-order valence-corrected chi connectivity index (χ3v) is 5.88. The molecule has 0 saturated carbocycles. The molecule has 2 aromatic rings. The standard InChI is InChI=1S/C23H26N2O4S/c1-4-29-22(28)9-8-20(26)24-18-7-5-6-17(13-18)23-25(21(27)14-30-23)19-11-15(2)10-16(3)12-19/h5-7,10-13,23H,4,8-9,14H2,1-3H3,(H,24,26). The second-order valence-corrected chi connectivity index (χ2v) is 8.32. The fraction of sp³-hybridized carbons (Fsp3) is 0.348. The summed E-state index contributed by atoms with van der Waals surface area (Å²) in [7, 11) is 0. The second kappa shape index (κ2) is 9.80. The Labute approximate surface area is 181 Å². The molecule has 0 aromatic heterocycles. The van der Waals surface area contributed by atoms with E-state index < -0.39 is 0 Å². The first kappa shape index (κ1) is 21.9. The zero-order valence-corrected chi connectivity index (χ0v) is 18.3. The molecule has 1 aliphatic heterocycles. The highest BCUT2D eigenvalue weighted by molar-refractivity contribution is 8.00. The molecule has 1 saturated heterocycles. The molecule has 2 amide bonds. The Balaban J connectivity index is 1.75. The average molecular weight is 427 g/mol. The van der Waals surface area contributed by atoms with Gasteiger partial charge in [0.2, 0.25) is 11.8 Å². The number of rotatable bonds is 7. The number of ether oxygens (including phenoxy) is 1. The van der Waals surface area contributed by atoms with Crippen LogP contribution in [0.5, 0.6) is 0 Å². The van der Waals surface area contributed by atoms with Gasteiger partial charge in [0.25, 0.3) is 0 Å². The van der Waals surface area contributed by atoms with Crippen molar-refractivity contribution < 1.29 is 19.1 Å².